The number of hydrogen-bond acceptors (Lipinski definition) is 3. The first kappa shape index (κ1) is 15.2. The van der Waals surface area contributed by atoms with Crippen molar-refractivity contribution in [1.82, 2.24) is 10.2 Å². The van der Waals surface area contributed by atoms with Gasteiger partial charge in [0.2, 0.25) is 11.8 Å². The topological polar surface area (TPSA) is 75.4 Å². The van der Waals surface area contributed by atoms with Gasteiger partial charge in [0, 0.05) is 20.1 Å². The summed E-state index contributed by atoms with van der Waals surface area (Å²) in [6, 6.07) is 7.54. The summed E-state index contributed by atoms with van der Waals surface area (Å²) in [5, 5.41) is 2.63. The van der Waals surface area contributed by atoms with Crippen LogP contribution < -0.4 is 11.1 Å². The van der Waals surface area contributed by atoms with E-state index in [4.69, 9.17) is 5.73 Å². The molecule has 5 heteroatoms. The largest absolute Gasteiger partial charge is 0.347 e. The lowest BCUT2D eigenvalue weighted by Gasteiger charge is -2.15. The molecule has 0 atom stereocenters. The number of rotatable bonds is 6. The minimum Gasteiger partial charge on any atom is -0.347 e. The van der Waals surface area contributed by atoms with Gasteiger partial charge in [-0.15, -0.1) is 0 Å². The van der Waals surface area contributed by atoms with E-state index in [1.54, 1.807) is 11.9 Å². The Labute approximate surface area is 113 Å². The zero-order valence-electron chi connectivity index (χ0n) is 11.5. The van der Waals surface area contributed by atoms with Gasteiger partial charge in [-0.2, -0.15) is 0 Å². The number of carbonyl (C=O) groups is 2. The Hall–Kier alpha value is -1.88. The number of amides is 2. The van der Waals surface area contributed by atoms with E-state index in [-0.39, 0.29) is 24.8 Å². The minimum atomic E-state index is -0.168. The molecular formula is C14H21N3O2. The van der Waals surface area contributed by atoms with E-state index in [0.29, 0.717) is 13.1 Å². The van der Waals surface area contributed by atoms with Crippen LogP contribution in [0, 0.1) is 0 Å². The van der Waals surface area contributed by atoms with Crippen molar-refractivity contribution in [3.05, 3.63) is 35.4 Å². The SMILES string of the molecule is CCN(C)C(=O)CNC(=O)Cc1ccccc1CN. The number of hydrogen-bond donors (Lipinski definition) is 2. The third kappa shape index (κ3) is 4.71. The van der Waals surface area contributed by atoms with Crippen LogP contribution in [0.2, 0.25) is 0 Å². The summed E-state index contributed by atoms with van der Waals surface area (Å²) >= 11 is 0. The molecule has 0 heterocycles. The van der Waals surface area contributed by atoms with Crippen LogP contribution in [0.15, 0.2) is 24.3 Å². The van der Waals surface area contributed by atoms with Crippen molar-refractivity contribution < 1.29 is 9.59 Å². The Morgan fingerprint density at radius 3 is 2.47 bits per heavy atom. The standard InChI is InChI=1S/C14H21N3O2/c1-3-17(2)14(19)10-16-13(18)8-11-6-4-5-7-12(11)9-15/h4-7H,3,8-10,15H2,1-2H3,(H,16,18). The molecule has 0 spiro atoms. The van der Waals surface area contributed by atoms with E-state index in [1.807, 2.05) is 31.2 Å². The molecule has 19 heavy (non-hydrogen) atoms. The lowest BCUT2D eigenvalue weighted by atomic mass is 10.0. The van der Waals surface area contributed by atoms with Crippen LogP contribution >= 0.6 is 0 Å². The number of nitrogens with two attached hydrogens (primary N) is 1. The maximum atomic E-state index is 11.8. The van der Waals surface area contributed by atoms with Gasteiger partial charge < -0.3 is 16.0 Å². The van der Waals surface area contributed by atoms with Gasteiger partial charge in [-0.3, -0.25) is 9.59 Å². The first-order valence-corrected chi connectivity index (χ1v) is 6.36. The molecule has 0 bridgehead atoms. The fraction of sp³-hybridized carbons (Fsp3) is 0.429. The first-order valence-electron chi connectivity index (χ1n) is 6.36. The van der Waals surface area contributed by atoms with Crippen molar-refractivity contribution in [3.63, 3.8) is 0 Å². The van der Waals surface area contributed by atoms with E-state index in [2.05, 4.69) is 5.32 Å². The van der Waals surface area contributed by atoms with Crippen LogP contribution in [-0.4, -0.2) is 36.9 Å². The minimum absolute atomic E-state index is 0.0357. The summed E-state index contributed by atoms with van der Waals surface area (Å²) in [5.74, 6) is -0.262. The number of nitrogens with one attached hydrogen (secondary N) is 1. The third-order valence-electron chi connectivity index (χ3n) is 3.03. The van der Waals surface area contributed by atoms with Crippen LogP contribution in [-0.2, 0) is 22.6 Å². The molecule has 2 amide bonds. The molecule has 0 aliphatic heterocycles. The second-order valence-electron chi connectivity index (χ2n) is 4.33. The molecule has 0 aliphatic rings. The molecule has 0 fully saturated rings. The first-order chi connectivity index (χ1) is 9.08. The Morgan fingerprint density at radius 1 is 1.26 bits per heavy atom. The number of nitrogens with zero attached hydrogens (tertiary/aromatic N) is 1. The van der Waals surface area contributed by atoms with Crippen molar-refractivity contribution in [2.45, 2.75) is 19.9 Å². The number of likely N-dealkylation sites (N-methyl/N-ethyl adjacent to an activating group) is 1. The van der Waals surface area contributed by atoms with Crippen LogP contribution in [0.4, 0.5) is 0 Å². The van der Waals surface area contributed by atoms with E-state index in [1.165, 1.54) is 0 Å². The molecule has 0 unspecified atom stereocenters. The molecule has 5 nitrogen and oxygen atoms in total. The molecule has 0 saturated heterocycles. The third-order valence-corrected chi connectivity index (χ3v) is 3.03. The number of carbonyl (C=O) groups excluding carboxylic acids is 2. The molecule has 0 aromatic heterocycles. The summed E-state index contributed by atoms with van der Waals surface area (Å²) in [6.45, 7) is 2.96. The molecule has 0 radical (unpaired) electrons. The van der Waals surface area contributed by atoms with Crippen molar-refractivity contribution in [2.24, 2.45) is 5.73 Å². The van der Waals surface area contributed by atoms with Crippen LogP contribution in [0.3, 0.4) is 0 Å². The zero-order chi connectivity index (χ0) is 14.3. The molecular weight excluding hydrogens is 242 g/mol. The summed E-state index contributed by atoms with van der Waals surface area (Å²) in [4.78, 5) is 24.9. The summed E-state index contributed by atoms with van der Waals surface area (Å²) < 4.78 is 0. The van der Waals surface area contributed by atoms with Crippen molar-refractivity contribution in [3.8, 4) is 0 Å². The average Bonchev–Trinajstić information content (AvgIpc) is 2.44. The highest BCUT2D eigenvalue weighted by molar-refractivity contribution is 5.85. The smallest absolute Gasteiger partial charge is 0.241 e. The van der Waals surface area contributed by atoms with E-state index in [0.717, 1.165) is 11.1 Å². The maximum absolute atomic E-state index is 11.8. The molecule has 3 N–H and O–H groups in total. The quantitative estimate of drug-likeness (QED) is 0.774. The Kier molecular flexibility index (Phi) is 6.02. The van der Waals surface area contributed by atoms with E-state index in [9.17, 15) is 9.59 Å². The van der Waals surface area contributed by atoms with Crippen LogP contribution in [0.1, 0.15) is 18.1 Å². The molecule has 1 rings (SSSR count). The molecule has 1 aromatic rings. The summed E-state index contributed by atoms with van der Waals surface area (Å²) in [5.41, 5.74) is 7.47. The fourth-order valence-corrected chi connectivity index (χ4v) is 1.65. The highest BCUT2D eigenvalue weighted by Gasteiger charge is 2.10. The summed E-state index contributed by atoms with van der Waals surface area (Å²) in [6.07, 6.45) is 0.247. The normalized spacial score (nSPS) is 10.1. The Balaban J connectivity index is 2.49. The van der Waals surface area contributed by atoms with E-state index >= 15 is 0 Å². The van der Waals surface area contributed by atoms with Crippen molar-refractivity contribution in [2.75, 3.05) is 20.1 Å². The molecule has 104 valence electrons. The fourth-order valence-electron chi connectivity index (χ4n) is 1.65. The van der Waals surface area contributed by atoms with Gasteiger partial charge in [0.05, 0.1) is 13.0 Å². The zero-order valence-corrected chi connectivity index (χ0v) is 11.5. The van der Waals surface area contributed by atoms with Crippen molar-refractivity contribution in [1.29, 1.82) is 0 Å². The van der Waals surface area contributed by atoms with Crippen molar-refractivity contribution >= 4 is 11.8 Å². The number of benzene rings is 1. The Bertz CT molecular complexity index is 446. The monoisotopic (exact) mass is 263 g/mol. The van der Waals surface area contributed by atoms with Gasteiger partial charge in [-0.25, -0.2) is 0 Å². The van der Waals surface area contributed by atoms with Gasteiger partial charge >= 0.3 is 0 Å². The predicted octanol–water partition coefficient (Wildman–Crippen LogP) is 0.282. The second kappa shape index (κ2) is 7.53. The van der Waals surface area contributed by atoms with Gasteiger partial charge in [0.25, 0.3) is 0 Å². The summed E-state index contributed by atoms with van der Waals surface area (Å²) in [7, 11) is 1.71. The molecule has 0 aliphatic carbocycles. The molecule has 1 aromatic carbocycles. The van der Waals surface area contributed by atoms with Gasteiger partial charge in [-0.1, -0.05) is 24.3 Å². The van der Waals surface area contributed by atoms with E-state index < -0.39 is 0 Å². The highest BCUT2D eigenvalue weighted by Crippen LogP contribution is 2.08. The maximum Gasteiger partial charge on any atom is 0.241 e. The van der Waals surface area contributed by atoms with Gasteiger partial charge in [-0.05, 0) is 18.1 Å². The van der Waals surface area contributed by atoms with Gasteiger partial charge in [0.15, 0.2) is 0 Å². The van der Waals surface area contributed by atoms with Crippen LogP contribution in [0.5, 0.6) is 0 Å². The van der Waals surface area contributed by atoms with Gasteiger partial charge in [0.1, 0.15) is 0 Å². The molecule has 0 saturated carbocycles. The lowest BCUT2D eigenvalue weighted by molar-refractivity contribution is -0.131. The average molecular weight is 263 g/mol. The lowest BCUT2D eigenvalue weighted by Crippen LogP contribution is -2.38. The highest BCUT2D eigenvalue weighted by atomic mass is 16.2. The predicted molar refractivity (Wildman–Crippen MR) is 74.4 cm³/mol. The second-order valence-corrected chi connectivity index (χ2v) is 4.33. The van der Waals surface area contributed by atoms with Crippen LogP contribution in [0.25, 0.3) is 0 Å². The Morgan fingerprint density at radius 2 is 1.89 bits per heavy atom.